The molecule has 1 aromatic carbocycles. The SMILES string of the molecule is NC1(c2ccc(OC(F)(F)F)cc2F)CC1. The molecule has 6 heteroatoms. The lowest BCUT2D eigenvalue weighted by molar-refractivity contribution is -0.274. The van der Waals surface area contributed by atoms with Gasteiger partial charge in [0.05, 0.1) is 0 Å². The zero-order chi connectivity index (χ0) is 12.0. The Morgan fingerprint density at radius 2 is 1.88 bits per heavy atom. The standard InChI is InChI=1S/C10H9F4NO/c11-8-5-6(16-10(12,13)14)1-2-7(8)9(15)3-4-9/h1-2,5H,3-4,15H2. The summed E-state index contributed by atoms with van der Waals surface area (Å²) in [6, 6.07) is 3.01. The van der Waals surface area contributed by atoms with Crippen LogP contribution >= 0.6 is 0 Å². The molecule has 0 amide bonds. The maximum absolute atomic E-state index is 13.4. The molecule has 0 spiro atoms. The molecule has 2 nitrogen and oxygen atoms in total. The molecule has 2 rings (SSSR count). The van der Waals surface area contributed by atoms with E-state index in [-0.39, 0.29) is 5.56 Å². The summed E-state index contributed by atoms with van der Waals surface area (Å²) in [7, 11) is 0. The highest BCUT2D eigenvalue weighted by molar-refractivity contribution is 5.36. The third kappa shape index (κ3) is 2.27. The molecule has 1 saturated carbocycles. The van der Waals surface area contributed by atoms with Crippen molar-refractivity contribution in [3.63, 3.8) is 0 Å². The summed E-state index contributed by atoms with van der Waals surface area (Å²) in [4.78, 5) is 0. The van der Waals surface area contributed by atoms with Crippen LogP contribution in [0.3, 0.4) is 0 Å². The van der Waals surface area contributed by atoms with Crippen molar-refractivity contribution in [2.45, 2.75) is 24.7 Å². The van der Waals surface area contributed by atoms with Crippen molar-refractivity contribution in [1.82, 2.24) is 0 Å². The van der Waals surface area contributed by atoms with Gasteiger partial charge in [-0.25, -0.2) is 4.39 Å². The minimum absolute atomic E-state index is 0.238. The van der Waals surface area contributed by atoms with Crippen LogP contribution in [0.25, 0.3) is 0 Å². The van der Waals surface area contributed by atoms with Gasteiger partial charge in [-0.15, -0.1) is 13.2 Å². The summed E-state index contributed by atoms with van der Waals surface area (Å²) in [6.07, 6.45) is -3.53. The van der Waals surface area contributed by atoms with Crippen molar-refractivity contribution in [3.05, 3.63) is 29.6 Å². The van der Waals surface area contributed by atoms with Crippen LogP contribution in [0.2, 0.25) is 0 Å². The molecule has 0 atom stereocenters. The molecule has 1 aliphatic carbocycles. The largest absolute Gasteiger partial charge is 0.573 e. The summed E-state index contributed by atoms with van der Waals surface area (Å²) in [6.45, 7) is 0. The van der Waals surface area contributed by atoms with Crippen LogP contribution in [0, 0.1) is 5.82 Å². The first-order valence-corrected chi connectivity index (χ1v) is 4.65. The number of halogens is 4. The highest BCUT2D eigenvalue weighted by Crippen LogP contribution is 2.44. The van der Waals surface area contributed by atoms with E-state index in [9.17, 15) is 17.6 Å². The first kappa shape index (κ1) is 11.2. The minimum Gasteiger partial charge on any atom is -0.406 e. The first-order valence-electron chi connectivity index (χ1n) is 4.65. The van der Waals surface area contributed by atoms with Crippen molar-refractivity contribution >= 4 is 0 Å². The highest BCUT2D eigenvalue weighted by atomic mass is 19.4. The van der Waals surface area contributed by atoms with Gasteiger partial charge in [0.1, 0.15) is 11.6 Å². The topological polar surface area (TPSA) is 35.2 Å². The molecular formula is C10H9F4NO. The monoisotopic (exact) mass is 235 g/mol. The van der Waals surface area contributed by atoms with E-state index < -0.39 is 23.5 Å². The third-order valence-corrected chi connectivity index (χ3v) is 2.50. The van der Waals surface area contributed by atoms with Crippen LogP contribution in [0.4, 0.5) is 17.6 Å². The zero-order valence-electron chi connectivity index (χ0n) is 8.14. The zero-order valence-corrected chi connectivity index (χ0v) is 8.14. The van der Waals surface area contributed by atoms with Crippen molar-refractivity contribution in [2.24, 2.45) is 5.73 Å². The molecular weight excluding hydrogens is 226 g/mol. The van der Waals surface area contributed by atoms with Crippen LogP contribution in [0.1, 0.15) is 18.4 Å². The molecule has 0 aromatic heterocycles. The fraction of sp³-hybridized carbons (Fsp3) is 0.400. The van der Waals surface area contributed by atoms with Crippen LogP contribution in [-0.4, -0.2) is 6.36 Å². The van der Waals surface area contributed by atoms with Gasteiger partial charge in [0, 0.05) is 17.2 Å². The van der Waals surface area contributed by atoms with E-state index in [1.165, 1.54) is 6.07 Å². The number of hydrogen-bond acceptors (Lipinski definition) is 2. The van der Waals surface area contributed by atoms with Crippen LogP contribution in [-0.2, 0) is 5.54 Å². The van der Waals surface area contributed by atoms with Gasteiger partial charge >= 0.3 is 6.36 Å². The minimum atomic E-state index is -4.81. The lowest BCUT2D eigenvalue weighted by Gasteiger charge is -2.13. The summed E-state index contributed by atoms with van der Waals surface area (Å²) in [5, 5.41) is 0. The van der Waals surface area contributed by atoms with E-state index in [4.69, 9.17) is 5.73 Å². The molecule has 0 aliphatic heterocycles. The second-order valence-corrected chi connectivity index (χ2v) is 3.85. The normalized spacial score (nSPS) is 18.3. The molecule has 1 aromatic rings. The van der Waals surface area contributed by atoms with Gasteiger partial charge in [0.25, 0.3) is 0 Å². The first-order chi connectivity index (χ1) is 7.30. The third-order valence-electron chi connectivity index (χ3n) is 2.50. The maximum atomic E-state index is 13.4. The van der Waals surface area contributed by atoms with E-state index in [0.717, 1.165) is 6.07 Å². The predicted octanol–water partition coefficient (Wildman–Crippen LogP) is 2.67. The number of alkyl halides is 3. The van der Waals surface area contributed by atoms with Gasteiger partial charge in [0.2, 0.25) is 0 Å². The van der Waals surface area contributed by atoms with E-state index in [1.807, 2.05) is 0 Å². The number of nitrogens with two attached hydrogens (primary N) is 1. The summed E-state index contributed by atoms with van der Waals surface area (Å²) in [5.41, 5.74) is 5.27. The Kier molecular flexibility index (Phi) is 2.34. The molecule has 0 saturated heterocycles. The summed E-state index contributed by atoms with van der Waals surface area (Å²) >= 11 is 0. The Morgan fingerprint density at radius 3 is 2.31 bits per heavy atom. The second kappa shape index (κ2) is 3.35. The predicted molar refractivity (Wildman–Crippen MR) is 48.2 cm³/mol. The van der Waals surface area contributed by atoms with E-state index >= 15 is 0 Å². The Morgan fingerprint density at radius 1 is 1.25 bits per heavy atom. The molecule has 2 N–H and O–H groups in total. The number of rotatable bonds is 2. The highest BCUT2D eigenvalue weighted by Gasteiger charge is 2.42. The molecule has 1 fully saturated rings. The maximum Gasteiger partial charge on any atom is 0.573 e. The molecule has 0 unspecified atom stereocenters. The molecule has 0 radical (unpaired) electrons. The van der Waals surface area contributed by atoms with Gasteiger partial charge in [-0.2, -0.15) is 0 Å². The van der Waals surface area contributed by atoms with Crippen LogP contribution in [0.15, 0.2) is 18.2 Å². The Labute approximate surface area is 89.0 Å². The number of benzene rings is 1. The van der Waals surface area contributed by atoms with Gasteiger partial charge in [-0.05, 0) is 18.9 Å². The summed E-state index contributed by atoms with van der Waals surface area (Å²) < 4.78 is 52.6. The van der Waals surface area contributed by atoms with Gasteiger partial charge < -0.3 is 10.5 Å². The van der Waals surface area contributed by atoms with Crippen molar-refractivity contribution < 1.29 is 22.3 Å². The smallest absolute Gasteiger partial charge is 0.406 e. The Hall–Kier alpha value is -1.30. The fourth-order valence-electron chi connectivity index (χ4n) is 1.50. The van der Waals surface area contributed by atoms with Gasteiger partial charge in [-0.3, -0.25) is 0 Å². The number of ether oxygens (including phenoxy) is 1. The molecule has 16 heavy (non-hydrogen) atoms. The molecule has 1 aliphatic rings. The molecule has 0 heterocycles. The molecule has 88 valence electrons. The van der Waals surface area contributed by atoms with Crippen LogP contribution in [0.5, 0.6) is 5.75 Å². The van der Waals surface area contributed by atoms with Crippen molar-refractivity contribution in [3.8, 4) is 5.75 Å². The van der Waals surface area contributed by atoms with E-state index in [1.54, 1.807) is 0 Å². The van der Waals surface area contributed by atoms with E-state index in [0.29, 0.717) is 18.9 Å². The van der Waals surface area contributed by atoms with Gasteiger partial charge in [-0.1, -0.05) is 6.07 Å². The lowest BCUT2D eigenvalue weighted by Crippen LogP contribution is -2.21. The number of hydrogen-bond donors (Lipinski definition) is 1. The fourth-order valence-corrected chi connectivity index (χ4v) is 1.50. The van der Waals surface area contributed by atoms with Crippen molar-refractivity contribution in [1.29, 1.82) is 0 Å². The van der Waals surface area contributed by atoms with Gasteiger partial charge in [0.15, 0.2) is 0 Å². The Bertz CT molecular complexity index is 412. The second-order valence-electron chi connectivity index (χ2n) is 3.85. The molecule has 0 bridgehead atoms. The average molecular weight is 235 g/mol. The Balaban J connectivity index is 2.23. The lowest BCUT2D eigenvalue weighted by atomic mass is 10.1. The quantitative estimate of drug-likeness (QED) is 0.800. The van der Waals surface area contributed by atoms with Crippen LogP contribution < -0.4 is 10.5 Å². The summed E-state index contributed by atoms with van der Waals surface area (Å²) in [5.74, 6) is -1.33. The van der Waals surface area contributed by atoms with E-state index in [2.05, 4.69) is 4.74 Å². The van der Waals surface area contributed by atoms with Crippen molar-refractivity contribution in [2.75, 3.05) is 0 Å². The average Bonchev–Trinajstić information content (AvgIpc) is 2.81.